The molecule has 0 aromatic heterocycles. The van der Waals surface area contributed by atoms with Crippen molar-refractivity contribution in [2.75, 3.05) is 27.2 Å². The largest absolute Gasteiger partial charge is 0.313 e. The lowest BCUT2D eigenvalue weighted by molar-refractivity contribution is 0.402. The van der Waals surface area contributed by atoms with Crippen molar-refractivity contribution in [1.82, 2.24) is 10.2 Å². The van der Waals surface area contributed by atoms with Gasteiger partial charge in [0.05, 0.1) is 0 Å². The maximum absolute atomic E-state index is 3.36. The molecule has 0 saturated carbocycles. The summed E-state index contributed by atoms with van der Waals surface area (Å²) in [5.74, 6) is 0. The highest BCUT2D eigenvalue weighted by atomic mass is 15.0. The third-order valence-corrected chi connectivity index (χ3v) is 2.91. The molecule has 0 unspecified atom stereocenters. The molecule has 16 heavy (non-hydrogen) atoms. The van der Waals surface area contributed by atoms with E-state index in [-0.39, 0.29) is 0 Å². The monoisotopic (exact) mass is 216 g/mol. The Labute approximate surface area is 98.0 Å². The molecular weight excluding hydrogens is 196 g/mol. The molecule has 2 rings (SSSR count). The Morgan fingerprint density at radius 2 is 2.06 bits per heavy atom. The molecule has 0 atom stereocenters. The predicted octanol–water partition coefficient (Wildman–Crippen LogP) is 2.12. The Balaban J connectivity index is 2.28. The summed E-state index contributed by atoms with van der Waals surface area (Å²) in [7, 11) is 4.24. The molecule has 2 heteroatoms. The fraction of sp³-hybridized carbons (Fsp3) is 0.429. The van der Waals surface area contributed by atoms with Crippen LogP contribution >= 0.6 is 0 Å². The summed E-state index contributed by atoms with van der Waals surface area (Å²) < 4.78 is 0. The van der Waals surface area contributed by atoms with Crippen molar-refractivity contribution in [1.29, 1.82) is 0 Å². The summed E-state index contributed by atoms with van der Waals surface area (Å²) in [6, 6.07) is 8.75. The van der Waals surface area contributed by atoms with Gasteiger partial charge < -0.3 is 10.2 Å². The predicted molar refractivity (Wildman–Crippen MR) is 69.3 cm³/mol. The number of hydrogen-bond acceptors (Lipinski definition) is 2. The summed E-state index contributed by atoms with van der Waals surface area (Å²) in [4.78, 5) is 2.22. The van der Waals surface area contributed by atoms with Crippen LogP contribution in [0.3, 0.4) is 0 Å². The molecule has 0 saturated heterocycles. The molecule has 0 fully saturated rings. The van der Waals surface area contributed by atoms with Crippen LogP contribution in [0.15, 0.2) is 30.3 Å². The van der Waals surface area contributed by atoms with Gasteiger partial charge in [0.2, 0.25) is 0 Å². The second kappa shape index (κ2) is 5.28. The van der Waals surface area contributed by atoms with E-state index in [1.165, 1.54) is 16.7 Å². The summed E-state index contributed by atoms with van der Waals surface area (Å²) >= 11 is 0. The van der Waals surface area contributed by atoms with Gasteiger partial charge in [-0.25, -0.2) is 0 Å². The number of rotatable bonds is 3. The molecule has 0 bridgehead atoms. The fourth-order valence-electron chi connectivity index (χ4n) is 2.18. The van der Waals surface area contributed by atoms with Crippen molar-refractivity contribution in [3.05, 3.63) is 41.5 Å². The molecule has 1 heterocycles. The van der Waals surface area contributed by atoms with Crippen LogP contribution < -0.4 is 5.32 Å². The average molecular weight is 216 g/mol. The van der Waals surface area contributed by atoms with Crippen LogP contribution in [0.4, 0.5) is 0 Å². The van der Waals surface area contributed by atoms with Crippen molar-refractivity contribution in [2.24, 2.45) is 0 Å². The first kappa shape index (κ1) is 11.4. The van der Waals surface area contributed by atoms with E-state index in [9.17, 15) is 0 Å². The molecule has 86 valence electrons. The second-order valence-electron chi connectivity index (χ2n) is 4.58. The van der Waals surface area contributed by atoms with E-state index in [0.717, 1.165) is 26.1 Å². The molecule has 1 N–H and O–H groups in total. The van der Waals surface area contributed by atoms with Crippen LogP contribution in [0.25, 0.3) is 5.57 Å². The van der Waals surface area contributed by atoms with Gasteiger partial charge in [-0.1, -0.05) is 30.3 Å². The Hall–Kier alpha value is -1.12. The van der Waals surface area contributed by atoms with E-state index in [1.807, 2.05) is 0 Å². The topological polar surface area (TPSA) is 15.3 Å². The minimum Gasteiger partial charge on any atom is -0.313 e. The molecule has 2 nitrogen and oxygen atoms in total. The highest BCUT2D eigenvalue weighted by molar-refractivity contribution is 5.69. The van der Waals surface area contributed by atoms with Gasteiger partial charge in [-0.05, 0) is 43.8 Å². The van der Waals surface area contributed by atoms with Gasteiger partial charge in [-0.15, -0.1) is 0 Å². The minimum absolute atomic E-state index is 1.01. The van der Waals surface area contributed by atoms with Crippen molar-refractivity contribution in [3.8, 4) is 0 Å². The molecule has 0 spiro atoms. The quantitative estimate of drug-likeness (QED) is 0.832. The van der Waals surface area contributed by atoms with E-state index in [2.05, 4.69) is 54.7 Å². The third-order valence-electron chi connectivity index (χ3n) is 2.91. The van der Waals surface area contributed by atoms with Crippen LogP contribution in [0.1, 0.15) is 17.5 Å². The van der Waals surface area contributed by atoms with E-state index in [1.54, 1.807) is 0 Å². The Morgan fingerprint density at radius 3 is 2.75 bits per heavy atom. The number of hydrogen-bond donors (Lipinski definition) is 1. The Kier molecular flexibility index (Phi) is 3.75. The highest BCUT2D eigenvalue weighted by Crippen LogP contribution is 2.23. The lowest BCUT2D eigenvalue weighted by Crippen LogP contribution is -2.21. The maximum atomic E-state index is 3.36. The molecule has 1 aliphatic rings. The number of nitrogens with zero attached hydrogens (tertiary/aromatic N) is 1. The highest BCUT2D eigenvalue weighted by Gasteiger charge is 2.09. The molecule has 1 aromatic carbocycles. The van der Waals surface area contributed by atoms with Gasteiger partial charge in [-0.3, -0.25) is 0 Å². The van der Waals surface area contributed by atoms with Crippen molar-refractivity contribution < 1.29 is 0 Å². The van der Waals surface area contributed by atoms with Crippen LogP contribution in [0.5, 0.6) is 0 Å². The standard InChI is InChI=1S/C14H20N2/c1-16(2)11-13-5-3-4-6-14(13)12-7-9-15-10-8-12/h3-7,15H,8-11H2,1-2H3. The van der Waals surface area contributed by atoms with Gasteiger partial charge in [0.15, 0.2) is 0 Å². The summed E-state index contributed by atoms with van der Waals surface area (Å²) in [5.41, 5.74) is 4.36. The van der Waals surface area contributed by atoms with E-state index < -0.39 is 0 Å². The summed E-state index contributed by atoms with van der Waals surface area (Å²) in [6.07, 6.45) is 3.46. The van der Waals surface area contributed by atoms with Gasteiger partial charge in [0, 0.05) is 13.1 Å². The lowest BCUT2D eigenvalue weighted by Gasteiger charge is -2.19. The number of nitrogens with one attached hydrogen (secondary N) is 1. The van der Waals surface area contributed by atoms with Crippen LogP contribution in [0, 0.1) is 0 Å². The third kappa shape index (κ3) is 2.71. The normalized spacial score (nSPS) is 16.3. The SMILES string of the molecule is CN(C)Cc1ccccc1C1=CCNCC1. The van der Waals surface area contributed by atoms with E-state index in [0.29, 0.717) is 0 Å². The zero-order valence-electron chi connectivity index (χ0n) is 10.2. The Morgan fingerprint density at radius 1 is 1.25 bits per heavy atom. The minimum atomic E-state index is 1.01. The molecular formula is C14H20N2. The van der Waals surface area contributed by atoms with Crippen molar-refractivity contribution in [3.63, 3.8) is 0 Å². The number of benzene rings is 1. The second-order valence-corrected chi connectivity index (χ2v) is 4.58. The average Bonchev–Trinajstić information content (AvgIpc) is 2.30. The zero-order chi connectivity index (χ0) is 11.4. The molecule has 0 amide bonds. The fourth-order valence-corrected chi connectivity index (χ4v) is 2.18. The van der Waals surface area contributed by atoms with E-state index >= 15 is 0 Å². The zero-order valence-corrected chi connectivity index (χ0v) is 10.2. The molecule has 0 aliphatic carbocycles. The van der Waals surface area contributed by atoms with Crippen LogP contribution in [0.2, 0.25) is 0 Å². The van der Waals surface area contributed by atoms with Crippen molar-refractivity contribution in [2.45, 2.75) is 13.0 Å². The molecule has 1 aromatic rings. The summed E-state index contributed by atoms with van der Waals surface area (Å²) in [5, 5.41) is 3.36. The first-order chi connectivity index (χ1) is 7.77. The van der Waals surface area contributed by atoms with Gasteiger partial charge in [0.25, 0.3) is 0 Å². The van der Waals surface area contributed by atoms with Crippen molar-refractivity contribution >= 4 is 5.57 Å². The lowest BCUT2D eigenvalue weighted by atomic mass is 9.95. The van der Waals surface area contributed by atoms with E-state index in [4.69, 9.17) is 0 Å². The summed E-state index contributed by atoms with van der Waals surface area (Å²) in [6.45, 7) is 3.12. The molecule has 1 aliphatic heterocycles. The maximum Gasteiger partial charge on any atom is 0.0233 e. The van der Waals surface area contributed by atoms with Gasteiger partial charge in [-0.2, -0.15) is 0 Å². The van der Waals surface area contributed by atoms with Crippen LogP contribution in [-0.4, -0.2) is 32.1 Å². The first-order valence-electron chi connectivity index (χ1n) is 5.90. The van der Waals surface area contributed by atoms with Crippen LogP contribution in [-0.2, 0) is 6.54 Å². The van der Waals surface area contributed by atoms with Gasteiger partial charge in [0.1, 0.15) is 0 Å². The first-order valence-corrected chi connectivity index (χ1v) is 5.90. The molecule has 0 radical (unpaired) electrons. The van der Waals surface area contributed by atoms with Gasteiger partial charge >= 0.3 is 0 Å². The smallest absolute Gasteiger partial charge is 0.0233 e. The Bertz CT molecular complexity index is 380.